The zero-order valence-corrected chi connectivity index (χ0v) is 28.0. The third-order valence-electron chi connectivity index (χ3n) is 7.69. The van der Waals surface area contributed by atoms with Gasteiger partial charge in [0, 0.05) is 19.5 Å². The Morgan fingerprint density at radius 1 is 0.804 bits per heavy atom. The van der Waals surface area contributed by atoms with Crippen LogP contribution in [-0.4, -0.2) is 51.4 Å². The summed E-state index contributed by atoms with van der Waals surface area (Å²) >= 11 is 0. The summed E-state index contributed by atoms with van der Waals surface area (Å²) in [5.74, 6) is -0.203. The molecule has 0 heterocycles. The second-order valence-corrected chi connectivity index (χ2v) is 13.4. The zero-order chi connectivity index (χ0) is 33.3. The first kappa shape index (κ1) is 34.2. The first-order valence-corrected chi connectivity index (χ1v) is 16.9. The Balaban J connectivity index is 1.83. The van der Waals surface area contributed by atoms with Crippen LogP contribution < -0.4 is 14.4 Å². The number of methoxy groups -OCH3 is 1. The van der Waals surface area contributed by atoms with Crippen LogP contribution in [0.5, 0.6) is 5.75 Å². The first-order valence-electron chi connectivity index (χ1n) is 15.4. The number of aryl methyl sites for hydroxylation is 3. The number of nitrogens with one attached hydrogen (secondary N) is 1. The Morgan fingerprint density at radius 2 is 1.46 bits per heavy atom. The van der Waals surface area contributed by atoms with Crippen LogP contribution in [0.3, 0.4) is 0 Å². The fourth-order valence-electron chi connectivity index (χ4n) is 5.35. The van der Waals surface area contributed by atoms with Crippen molar-refractivity contribution >= 4 is 27.5 Å². The summed E-state index contributed by atoms with van der Waals surface area (Å²) in [4.78, 5) is 30.0. The maximum Gasteiger partial charge on any atom is 0.264 e. The summed E-state index contributed by atoms with van der Waals surface area (Å²) < 4.78 is 35.1. The Hall–Kier alpha value is -4.63. The fourth-order valence-corrected chi connectivity index (χ4v) is 6.75. The monoisotopic (exact) mass is 641 g/mol. The van der Waals surface area contributed by atoms with Crippen molar-refractivity contribution in [2.75, 3.05) is 24.5 Å². The molecule has 242 valence electrons. The molecule has 0 fully saturated rings. The Bertz CT molecular complexity index is 1720. The van der Waals surface area contributed by atoms with Crippen LogP contribution in [0, 0.1) is 20.8 Å². The smallest absolute Gasteiger partial charge is 0.264 e. The van der Waals surface area contributed by atoms with Gasteiger partial charge in [-0.05, 0) is 85.8 Å². The molecule has 0 aromatic heterocycles. The van der Waals surface area contributed by atoms with E-state index in [2.05, 4.69) is 5.32 Å². The SMILES string of the molecule is CCCNC(=O)[C@H](Cc1ccccc1)N(Cc1cccc(OC)c1)C(=O)CN(c1cc(C)cc(C)c1)S(=O)(=O)c1ccc(C)cc1. The number of benzene rings is 4. The molecule has 8 nitrogen and oxygen atoms in total. The van der Waals surface area contributed by atoms with Gasteiger partial charge in [-0.1, -0.05) is 73.2 Å². The van der Waals surface area contributed by atoms with Crippen LogP contribution in [0.2, 0.25) is 0 Å². The van der Waals surface area contributed by atoms with Gasteiger partial charge in [-0.3, -0.25) is 13.9 Å². The third-order valence-corrected chi connectivity index (χ3v) is 9.48. The summed E-state index contributed by atoms with van der Waals surface area (Å²) in [5.41, 5.74) is 4.64. The summed E-state index contributed by atoms with van der Waals surface area (Å²) in [7, 11) is -2.60. The van der Waals surface area contributed by atoms with Crippen LogP contribution in [0.4, 0.5) is 5.69 Å². The lowest BCUT2D eigenvalue weighted by Gasteiger charge is -2.34. The first-order chi connectivity index (χ1) is 22.0. The lowest BCUT2D eigenvalue weighted by molar-refractivity contribution is -0.140. The molecule has 9 heteroatoms. The van der Waals surface area contributed by atoms with E-state index in [1.165, 1.54) is 4.90 Å². The number of sulfonamides is 1. The topological polar surface area (TPSA) is 96.0 Å². The predicted octanol–water partition coefficient (Wildman–Crippen LogP) is 5.98. The summed E-state index contributed by atoms with van der Waals surface area (Å²) in [6.45, 7) is 7.63. The van der Waals surface area contributed by atoms with E-state index in [4.69, 9.17) is 4.74 Å². The lowest BCUT2D eigenvalue weighted by atomic mass is 10.0. The van der Waals surface area contributed by atoms with Gasteiger partial charge in [0.25, 0.3) is 10.0 Å². The summed E-state index contributed by atoms with van der Waals surface area (Å²) in [5, 5.41) is 2.97. The molecule has 4 aromatic carbocycles. The highest BCUT2D eigenvalue weighted by Crippen LogP contribution is 2.27. The van der Waals surface area contributed by atoms with Crippen LogP contribution in [0.15, 0.2) is 102 Å². The second kappa shape index (κ2) is 15.6. The van der Waals surface area contributed by atoms with E-state index in [0.29, 0.717) is 18.0 Å². The number of ether oxygens (including phenoxy) is 1. The molecule has 0 radical (unpaired) electrons. The van der Waals surface area contributed by atoms with E-state index in [1.54, 1.807) is 49.6 Å². The molecule has 1 atom stereocenters. The highest BCUT2D eigenvalue weighted by atomic mass is 32.2. The van der Waals surface area contributed by atoms with Gasteiger partial charge in [0.05, 0.1) is 17.7 Å². The number of anilines is 1. The number of rotatable bonds is 14. The molecule has 2 amide bonds. The molecular formula is C37H43N3O5S. The molecule has 0 aliphatic heterocycles. The van der Waals surface area contributed by atoms with Crippen LogP contribution in [0.25, 0.3) is 0 Å². The maximum atomic E-state index is 14.6. The van der Waals surface area contributed by atoms with Gasteiger partial charge in [0.1, 0.15) is 18.3 Å². The molecule has 0 unspecified atom stereocenters. The minimum atomic E-state index is -4.17. The fraction of sp³-hybridized carbons (Fsp3) is 0.297. The van der Waals surface area contributed by atoms with Crippen molar-refractivity contribution in [2.24, 2.45) is 0 Å². The number of hydrogen-bond acceptors (Lipinski definition) is 5. The van der Waals surface area contributed by atoms with Gasteiger partial charge in [0.15, 0.2) is 0 Å². The summed E-state index contributed by atoms with van der Waals surface area (Å²) in [6.07, 6.45) is 0.975. The van der Waals surface area contributed by atoms with Crippen molar-refractivity contribution in [3.8, 4) is 5.75 Å². The van der Waals surface area contributed by atoms with E-state index in [9.17, 15) is 18.0 Å². The van der Waals surface area contributed by atoms with Crippen LogP contribution >= 0.6 is 0 Å². The molecule has 0 bridgehead atoms. The van der Waals surface area contributed by atoms with Crippen molar-refractivity contribution in [3.63, 3.8) is 0 Å². The van der Waals surface area contributed by atoms with Crippen molar-refractivity contribution < 1.29 is 22.7 Å². The zero-order valence-electron chi connectivity index (χ0n) is 27.2. The minimum Gasteiger partial charge on any atom is -0.497 e. The Kier molecular flexibility index (Phi) is 11.6. The minimum absolute atomic E-state index is 0.0678. The second-order valence-electron chi connectivity index (χ2n) is 11.5. The Labute approximate surface area is 273 Å². The van der Waals surface area contributed by atoms with Gasteiger partial charge in [-0.25, -0.2) is 8.42 Å². The molecule has 1 N–H and O–H groups in total. The number of nitrogens with zero attached hydrogens (tertiary/aromatic N) is 2. The highest BCUT2D eigenvalue weighted by molar-refractivity contribution is 7.92. The number of carbonyl (C=O) groups excluding carboxylic acids is 2. The van der Waals surface area contributed by atoms with Crippen molar-refractivity contribution in [2.45, 2.75) is 58.0 Å². The largest absolute Gasteiger partial charge is 0.497 e. The molecule has 0 aliphatic rings. The van der Waals surface area contributed by atoms with E-state index in [0.717, 1.165) is 38.5 Å². The predicted molar refractivity (Wildman–Crippen MR) is 182 cm³/mol. The highest BCUT2D eigenvalue weighted by Gasteiger charge is 2.34. The van der Waals surface area contributed by atoms with Gasteiger partial charge < -0.3 is 15.0 Å². The molecule has 4 aromatic rings. The lowest BCUT2D eigenvalue weighted by Crippen LogP contribution is -2.53. The standard InChI is InChI=1S/C37H43N3O5S/c1-6-19-38-37(42)35(24-30-11-8-7-9-12-30)39(25-31-13-10-14-33(23-31)45-5)36(41)26-40(32-21-28(3)20-29(4)22-32)46(43,44)34-17-15-27(2)16-18-34/h7-18,20-23,35H,6,19,24-26H2,1-5H3,(H,38,42)/t35-/m0/s1. The summed E-state index contributed by atoms with van der Waals surface area (Å²) in [6, 6.07) is 27.9. The molecule has 46 heavy (non-hydrogen) atoms. The van der Waals surface area contributed by atoms with Crippen LogP contribution in [0.1, 0.15) is 41.2 Å². The number of hydrogen-bond donors (Lipinski definition) is 1. The van der Waals surface area contributed by atoms with Gasteiger partial charge >= 0.3 is 0 Å². The number of carbonyl (C=O) groups is 2. The van der Waals surface area contributed by atoms with Gasteiger partial charge in [0.2, 0.25) is 11.8 Å². The van der Waals surface area contributed by atoms with E-state index in [1.807, 2.05) is 82.3 Å². The van der Waals surface area contributed by atoms with Crippen molar-refractivity contribution in [3.05, 3.63) is 125 Å². The average molecular weight is 642 g/mol. The normalized spacial score (nSPS) is 11.8. The molecule has 4 rings (SSSR count). The molecular weight excluding hydrogens is 598 g/mol. The van der Waals surface area contributed by atoms with Crippen molar-refractivity contribution in [1.82, 2.24) is 10.2 Å². The van der Waals surface area contributed by atoms with Gasteiger partial charge in [-0.2, -0.15) is 0 Å². The molecule has 0 saturated heterocycles. The third kappa shape index (κ3) is 8.75. The average Bonchev–Trinajstić information content (AvgIpc) is 3.04. The van der Waals surface area contributed by atoms with Crippen LogP contribution in [-0.2, 0) is 32.6 Å². The van der Waals surface area contributed by atoms with E-state index >= 15 is 0 Å². The van der Waals surface area contributed by atoms with E-state index < -0.39 is 28.5 Å². The van der Waals surface area contributed by atoms with Crippen molar-refractivity contribution in [1.29, 1.82) is 0 Å². The molecule has 0 aliphatic carbocycles. The molecule has 0 saturated carbocycles. The molecule has 0 spiro atoms. The maximum absolute atomic E-state index is 14.6. The van der Waals surface area contributed by atoms with Gasteiger partial charge in [-0.15, -0.1) is 0 Å². The number of amides is 2. The quantitative estimate of drug-likeness (QED) is 0.183. The van der Waals surface area contributed by atoms with E-state index in [-0.39, 0.29) is 23.8 Å². The Morgan fingerprint density at radius 3 is 2.09 bits per heavy atom.